The number of carbonyl (C=O) groups excluding carboxylic acids is 1. The van der Waals surface area contributed by atoms with Crippen molar-refractivity contribution in [3.8, 4) is 5.75 Å². The van der Waals surface area contributed by atoms with Crippen LogP contribution < -0.4 is 15.7 Å². The molecular formula is C22H28N2O4. The van der Waals surface area contributed by atoms with Gasteiger partial charge in [-0.1, -0.05) is 25.0 Å². The molecule has 150 valence electrons. The lowest BCUT2D eigenvalue weighted by Crippen LogP contribution is -2.43. The highest BCUT2D eigenvalue weighted by atomic mass is 16.5. The molecule has 2 heterocycles. The van der Waals surface area contributed by atoms with Gasteiger partial charge in [-0.3, -0.25) is 4.79 Å². The Bertz CT molecular complexity index is 893. The van der Waals surface area contributed by atoms with Crippen molar-refractivity contribution in [3.05, 3.63) is 40.2 Å². The molecule has 0 atom stereocenters. The monoisotopic (exact) mass is 384 g/mol. The molecule has 4 rings (SSSR count). The van der Waals surface area contributed by atoms with Crippen LogP contribution in [0.3, 0.4) is 0 Å². The SMILES string of the molecule is COc1cccc2cc(C(=O)NCC3CCN(C4CCCC4)CC3)c(=O)oc12. The molecule has 1 aliphatic carbocycles. The lowest BCUT2D eigenvalue weighted by molar-refractivity contribution is 0.0921. The van der Waals surface area contributed by atoms with Gasteiger partial charge in [-0.15, -0.1) is 0 Å². The Morgan fingerprint density at radius 3 is 2.68 bits per heavy atom. The second-order valence-corrected chi connectivity index (χ2v) is 7.95. The van der Waals surface area contributed by atoms with Crippen molar-refractivity contribution < 1.29 is 13.9 Å². The third-order valence-electron chi connectivity index (χ3n) is 6.23. The fourth-order valence-electron chi connectivity index (χ4n) is 4.56. The number of hydrogen-bond donors (Lipinski definition) is 1. The van der Waals surface area contributed by atoms with E-state index >= 15 is 0 Å². The van der Waals surface area contributed by atoms with E-state index in [0.717, 1.165) is 32.0 Å². The Morgan fingerprint density at radius 1 is 1.21 bits per heavy atom. The first-order chi connectivity index (χ1) is 13.7. The summed E-state index contributed by atoms with van der Waals surface area (Å²) in [6, 6.07) is 7.69. The molecule has 1 saturated heterocycles. The minimum Gasteiger partial charge on any atom is -0.493 e. The lowest BCUT2D eigenvalue weighted by atomic mass is 9.95. The summed E-state index contributed by atoms with van der Waals surface area (Å²) in [5.41, 5.74) is -0.222. The molecule has 0 bridgehead atoms. The molecule has 28 heavy (non-hydrogen) atoms. The predicted molar refractivity (Wildman–Crippen MR) is 108 cm³/mol. The number of nitrogens with one attached hydrogen (secondary N) is 1. The van der Waals surface area contributed by atoms with Crippen molar-refractivity contribution in [3.63, 3.8) is 0 Å². The van der Waals surface area contributed by atoms with Crippen molar-refractivity contribution in [2.75, 3.05) is 26.7 Å². The van der Waals surface area contributed by atoms with Crippen LogP contribution in [0.1, 0.15) is 48.9 Å². The number of fused-ring (bicyclic) bond motifs is 1. The minimum absolute atomic E-state index is 0.0455. The van der Waals surface area contributed by atoms with Crippen LogP contribution in [-0.2, 0) is 0 Å². The normalized spacial score (nSPS) is 19.2. The van der Waals surface area contributed by atoms with Gasteiger partial charge in [0, 0.05) is 18.0 Å². The maximum atomic E-state index is 12.6. The van der Waals surface area contributed by atoms with Crippen molar-refractivity contribution in [2.24, 2.45) is 5.92 Å². The standard InChI is InChI=1S/C22H28N2O4/c1-27-19-8-4-5-16-13-18(22(26)28-20(16)19)21(25)23-14-15-9-11-24(12-10-15)17-6-2-3-7-17/h4-5,8,13,15,17H,2-3,6-7,9-12,14H2,1H3,(H,23,25). The number of piperidine rings is 1. The predicted octanol–water partition coefficient (Wildman–Crippen LogP) is 3.19. The molecule has 6 heteroatoms. The van der Waals surface area contributed by atoms with Crippen molar-refractivity contribution in [1.29, 1.82) is 0 Å². The molecule has 1 N–H and O–H groups in total. The summed E-state index contributed by atoms with van der Waals surface area (Å²) in [5.74, 6) is 0.585. The zero-order chi connectivity index (χ0) is 19.5. The molecule has 1 amide bonds. The molecular weight excluding hydrogens is 356 g/mol. The van der Waals surface area contributed by atoms with Gasteiger partial charge in [0.1, 0.15) is 5.56 Å². The van der Waals surface area contributed by atoms with E-state index in [1.807, 2.05) is 0 Å². The molecule has 0 radical (unpaired) electrons. The van der Waals surface area contributed by atoms with E-state index in [1.165, 1.54) is 32.8 Å². The van der Waals surface area contributed by atoms with Crippen LogP contribution >= 0.6 is 0 Å². The van der Waals surface area contributed by atoms with Crippen LogP contribution in [0.4, 0.5) is 0 Å². The number of nitrogens with zero attached hydrogens (tertiary/aromatic N) is 1. The number of rotatable bonds is 5. The van der Waals surface area contributed by atoms with Crippen LogP contribution in [0.25, 0.3) is 11.0 Å². The van der Waals surface area contributed by atoms with Gasteiger partial charge in [-0.25, -0.2) is 4.79 Å². The first-order valence-electron chi connectivity index (χ1n) is 10.3. The average molecular weight is 384 g/mol. The van der Waals surface area contributed by atoms with Crippen molar-refractivity contribution in [2.45, 2.75) is 44.6 Å². The van der Waals surface area contributed by atoms with Gasteiger partial charge in [0.25, 0.3) is 5.91 Å². The number of methoxy groups -OCH3 is 1. The highest BCUT2D eigenvalue weighted by Crippen LogP contribution is 2.28. The minimum atomic E-state index is -0.634. The number of likely N-dealkylation sites (tertiary alicyclic amines) is 1. The van der Waals surface area contributed by atoms with Gasteiger partial charge in [0.15, 0.2) is 11.3 Å². The summed E-state index contributed by atoms with van der Waals surface area (Å²) in [7, 11) is 1.52. The van der Waals surface area contributed by atoms with E-state index in [1.54, 1.807) is 24.3 Å². The Kier molecular flexibility index (Phi) is 5.67. The number of carbonyl (C=O) groups is 1. The topological polar surface area (TPSA) is 71.8 Å². The fraction of sp³-hybridized carbons (Fsp3) is 0.545. The number of benzene rings is 1. The largest absolute Gasteiger partial charge is 0.493 e. The van der Waals surface area contributed by atoms with Gasteiger partial charge in [-0.2, -0.15) is 0 Å². The van der Waals surface area contributed by atoms with Crippen LogP contribution in [0, 0.1) is 5.92 Å². The zero-order valence-electron chi connectivity index (χ0n) is 16.4. The second-order valence-electron chi connectivity index (χ2n) is 7.95. The summed E-state index contributed by atoms with van der Waals surface area (Å²) >= 11 is 0. The summed E-state index contributed by atoms with van der Waals surface area (Å²) in [6.07, 6.45) is 7.59. The van der Waals surface area contributed by atoms with E-state index in [-0.39, 0.29) is 11.5 Å². The molecule has 1 saturated carbocycles. The summed E-state index contributed by atoms with van der Waals surface area (Å²) in [6.45, 7) is 2.83. The third kappa shape index (κ3) is 3.92. The van der Waals surface area contributed by atoms with Crippen LogP contribution in [-0.4, -0.2) is 43.6 Å². The quantitative estimate of drug-likeness (QED) is 0.802. The first kappa shape index (κ1) is 19.0. The van der Waals surface area contributed by atoms with Gasteiger partial charge in [0.2, 0.25) is 0 Å². The fourth-order valence-corrected chi connectivity index (χ4v) is 4.56. The summed E-state index contributed by atoms with van der Waals surface area (Å²) < 4.78 is 10.6. The highest BCUT2D eigenvalue weighted by molar-refractivity contribution is 5.97. The molecule has 1 aromatic heterocycles. The molecule has 2 aromatic rings. The Hall–Kier alpha value is -2.34. The summed E-state index contributed by atoms with van der Waals surface area (Å²) in [5, 5.41) is 3.61. The number of amides is 1. The van der Waals surface area contributed by atoms with Crippen LogP contribution in [0.2, 0.25) is 0 Å². The zero-order valence-corrected chi connectivity index (χ0v) is 16.4. The molecule has 0 unspecified atom stereocenters. The number of para-hydroxylation sites is 1. The van der Waals surface area contributed by atoms with Gasteiger partial charge < -0.3 is 19.4 Å². The van der Waals surface area contributed by atoms with Crippen molar-refractivity contribution in [1.82, 2.24) is 10.2 Å². The molecule has 2 aliphatic rings. The lowest BCUT2D eigenvalue weighted by Gasteiger charge is -2.36. The van der Waals surface area contributed by atoms with Crippen molar-refractivity contribution >= 4 is 16.9 Å². The summed E-state index contributed by atoms with van der Waals surface area (Å²) in [4.78, 5) is 27.5. The maximum absolute atomic E-state index is 12.6. The Morgan fingerprint density at radius 2 is 1.96 bits per heavy atom. The maximum Gasteiger partial charge on any atom is 0.349 e. The van der Waals surface area contributed by atoms with Gasteiger partial charge in [0.05, 0.1) is 7.11 Å². The molecule has 1 aromatic carbocycles. The van der Waals surface area contributed by atoms with Crippen LogP contribution in [0.15, 0.2) is 33.5 Å². The van der Waals surface area contributed by atoms with E-state index in [0.29, 0.717) is 29.2 Å². The third-order valence-corrected chi connectivity index (χ3v) is 6.23. The Balaban J connectivity index is 1.36. The van der Waals surface area contributed by atoms with E-state index in [9.17, 15) is 9.59 Å². The highest BCUT2D eigenvalue weighted by Gasteiger charge is 2.27. The van der Waals surface area contributed by atoms with Gasteiger partial charge >= 0.3 is 5.63 Å². The molecule has 1 aliphatic heterocycles. The van der Waals surface area contributed by atoms with E-state index in [4.69, 9.17) is 9.15 Å². The smallest absolute Gasteiger partial charge is 0.349 e. The molecule has 6 nitrogen and oxygen atoms in total. The van der Waals surface area contributed by atoms with Gasteiger partial charge in [-0.05, 0) is 56.8 Å². The molecule has 0 spiro atoms. The first-order valence-corrected chi connectivity index (χ1v) is 10.3. The Labute approximate surface area is 164 Å². The number of ether oxygens (including phenoxy) is 1. The van der Waals surface area contributed by atoms with E-state index < -0.39 is 5.63 Å². The average Bonchev–Trinajstić information content (AvgIpc) is 3.26. The molecule has 2 fully saturated rings. The van der Waals surface area contributed by atoms with E-state index in [2.05, 4.69) is 10.2 Å². The second kappa shape index (κ2) is 8.35. The number of hydrogen-bond acceptors (Lipinski definition) is 5. The van der Waals surface area contributed by atoms with Crippen LogP contribution in [0.5, 0.6) is 5.75 Å².